The van der Waals surface area contributed by atoms with E-state index in [9.17, 15) is 19.2 Å². The van der Waals surface area contributed by atoms with Gasteiger partial charge in [0, 0.05) is 5.69 Å². The molecule has 0 spiro atoms. The lowest BCUT2D eigenvalue weighted by molar-refractivity contribution is -0.147. The summed E-state index contributed by atoms with van der Waals surface area (Å²) in [4.78, 5) is 49.7. The van der Waals surface area contributed by atoms with Crippen LogP contribution in [0.3, 0.4) is 0 Å². The Labute approximate surface area is 181 Å². The van der Waals surface area contributed by atoms with Gasteiger partial charge in [-0.3, -0.25) is 24.1 Å². The van der Waals surface area contributed by atoms with Gasteiger partial charge in [-0.15, -0.1) is 0 Å². The average Bonchev–Trinajstić information content (AvgIpc) is 3.26. The molecule has 3 amide bonds. The van der Waals surface area contributed by atoms with Gasteiger partial charge < -0.3 is 10.1 Å². The van der Waals surface area contributed by atoms with Gasteiger partial charge in [0.05, 0.1) is 21.2 Å². The molecule has 0 fully saturated rings. The Hall–Kier alpha value is -2.90. The third kappa shape index (κ3) is 3.91. The van der Waals surface area contributed by atoms with Crippen LogP contribution in [0, 0.1) is 0 Å². The molecule has 2 aromatic rings. The smallest absolute Gasteiger partial charge is 0.326 e. The summed E-state index contributed by atoms with van der Waals surface area (Å²) >= 11 is 11.8. The van der Waals surface area contributed by atoms with Gasteiger partial charge in [0.2, 0.25) is 0 Å². The van der Waals surface area contributed by atoms with Gasteiger partial charge in [-0.25, -0.2) is 0 Å². The second-order valence-corrected chi connectivity index (χ2v) is 7.87. The van der Waals surface area contributed by atoms with E-state index >= 15 is 0 Å². The summed E-state index contributed by atoms with van der Waals surface area (Å²) in [6.07, 6.45) is 3.11. The number of imide groups is 1. The number of benzene rings is 2. The average molecular weight is 447 g/mol. The summed E-state index contributed by atoms with van der Waals surface area (Å²) in [6.45, 7) is -1.15. The first kappa shape index (κ1) is 20.4. The van der Waals surface area contributed by atoms with Crippen molar-refractivity contribution in [3.8, 4) is 0 Å². The van der Waals surface area contributed by atoms with Crippen LogP contribution in [0.4, 0.5) is 5.69 Å². The molecule has 1 N–H and O–H groups in total. The minimum Gasteiger partial charge on any atom is -0.454 e. The summed E-state index contributed by atoms with van der Waals surface area (Å²) in [5.74, 6) is -2.74. The van der Waals surface area contributed by atoms with Crippen molar-refractivity contribution in [2.45, 2.75) is 19.3 Å². The van der Waals surface area contributed by atoms with E-state index in [1.165, 1.54) is 23.3 Å². The zero-order valence-corrected chi connectivity index (χ0v) is 17.2. The van der Waals surface area contributed by atoms with E-state index < -0.39 is 36.8 Å². The van der Waals surface area contributed by atoms with Crippen LogP contribution in [0.25, 0.3) is 0 Å². The molecule has 0 saturated heterocycles. The first-order valence-electron chi connectivity index (χ1n) is 9.26. The quantitative estimate of drug-likeness (QED) is 0.561. The number of hydrogen-bond acceptors (Lipinski definition) is 5. The van der Waals surface area contributed by atoms with Crippen molar-refractivity contribution < 1.29 is 23.9 Å². The molecule has 0 bridgehead atoms. The third-order valence-electron chi connectivity index (χ3n) is 5.05. The molecule has 0 radical (unpaired) electrons. The van der Waals surface area contributed by atoms with E-state index in [2.05, 4.69) is 5.32 Å². The lowest BCUT2D eigenvalue weighted by Crippen LogP contribution is -2.36. The van der Waals surface area contributed by atoms with Crippen LogP contribution in [0.15, 0.2) is 30.3 Å². The van der Waals surface area contributed by atoms with Gasteiger partial charge in [-0.05, 0) is 54.7 Å². The van der Waals surface area contributed by atoms with Crippen LogP contribution >= 0.6 is 23.2 Å². The number of ether oxygens (including phenoxy) is 1. The Balaban J connectivity index is 1.32. The lowest BCUT2D eigenvalue weighted by Gasteiger charge is -2.13. The van der Waals surface area contributed by atoms with Crippen molar-refractivity contribution in [3.05, 3.63) is 62.6 Å². The molecule has 7 nitrogen and oxygen atoms in total. The Morgan fingerprint density at radius 1 is 0.967 bits per heavy atom. The molecule has 4 rings (SSSR count). The van der Waals surface area contributed by atoms with E-state index in [1.807, 2.05) is 12.1 Å². The zero-order valence-electron chi connectivity index (χ0n) is 15.7. The minimum atomic E-state index is -0.884. The number of carbonyl (C=O) groups is 4. The van der Waals surface area contributed by atoms with Crippen molar-refractivity contribution in [2.24, 2.45) is 0 Å². The number of amides is 3. The molecule has 2 aliphatic rings. The van der Waals surface area contributed by atoms with Gasteiger partial charge in [0.1, 0.15) is 6.54 Å². The summed E-state index contributed by atoms with van der Waals surface area (Å²) in [5, 5.41) is 2.93. The Bertz CT molecular complexity index is 1060. The maximum Gasteiger partial charge on any atom is 0.326 e. The number of carbonyl (C=O) groups excluding carboxylic acids is 4. The number of anilines is 1. The number of fused-ring (bicyclic) bond motifs is 2. The number of halogens is 2. The van der Waals surface area contributed by atoms with Crippen LogP contribution < -0.4 is 5.32 Å². The monoisotopic (exact) mass is 446 g/mol. The topological polar surface area (TPSA) is 92.8 Å². The molecule has 9 heteroatoms. The van der Waals surface area contributed by atoms with Gasteiger partial charge in [0.15, 0.2) is 6.61 Å². The fourth-order valence-corrected chi connectivity index (χ4v) is 3.92. The molecule has 0 aromatic heterocycles. The highest BCUT2D eigenvalue weighted by molar-refractivity contribution is 6.43. The molecular weight excluding hydrogens is 431 g/mol. The highest BCUT2D eigenvalue weighted by atomic mass is 35.5. The predicted molar refractivity (Wildman–Crippen MR) is 110 cm³/mol. The lowest BCUT2D eigenvalue weighted by atomic mass is 10.1. The summed E-state index contributed by atoms with van der Waals surface area (Å²) < 4.78 is 4.92. The fraction of sp³-hybridized carbons (Fsp3) is 0.238. The molecule has 154 valence electrons. The van der Waals surface area contributed by atoms with E-state index in [0.29, 0.717) is 5.69 Å². The molecular formula is C21H16Cl2N2O5. The van der Waals surface area contributed by atoms with Crippen molar-refractivity contribution in [1.82, 2.24) is 4.90 Å². The maximum absolute atomic E-state index is 12.4. The molecule has 0 atom stereocenters. The van der Waals surface area contributed by atoms with Crippen molar-refractivity contribution in [2.75, 3.05) is 18.5 Å². The molecule has 30 heavy (non-hydrogen) atoms. The van der Waals surface area contributed by atoms with Crippen molar-refractivity contribution >= 4 is 52.6 Å². The van der Waals surface area contributed by atoms with Crippen LogP contribution in [0.5, 0.6) is 0 Å². The standard InChI is InChI=1S/C21H16Cl2N2O5/c22-16-7-14-15(8-17(16)23)21(29)25(20(14)28)9-19(27)30-10-18(26)24-13-5-4-11-2-1-3-12(11)6-13/h4-8H,1-3,9-10H2,(H,24,26). The number of aryl methyl sites for hydroxylation is 2. The van der Waals surface area contributed by atoms with E-state index in [0.717, 1.165) is 24.2 Å². The van der Waals surface area contributed by atoms with Crippen LogP contribution in [0.1, 0.15) is 38.3 Å². The summed E-state index contributed by atoms with van der Waals surface area (Å²) in [5.41, 5.74) is 3.25. The molecule has 1 aliphatic carbocycles. The van der Waals surface area contributed by atoms with Gasteiger partial charge in [-0.1, -0.05) is 29.3 Å². The largest absolute Gasteiger partial charge is 0.454 e. The first-order valence-corrected chi connectivity index (χ1v) is 10.0. The molecule has 1 aliphatic heterocycles. The Morgan fingerprint density at radius 2 is 1.60 bits per heavy atom. The Kier molecular flexibility index (Phi) is 5.49. The highest BCUT2D eigenvalue weighted by Gasteiger charge is 2.37. The van der Waals surface area contributed by atoms with Crippen LogP contribution in [-0.4, -0.2) is 41.7 Å². The number of hydrogen-bond donors (Lipinski definition) is 1. The summed E-state index contributed by atoms with van der Waals surface area (Å²) in [7, 11) is 0. The summed E-state index contributed by atoms with van der Waals surface area (Å²) in [6, 6.07) is 8.27. The zero-order chi connectivity index (χ0) is 21.4. The van der Waals surface area contributed by atoms with E-state index in [4.69, 9.17) is 27.9 Å². The van der Waals surface area contributed by atoms with E-state index in [-0.39, 0.29) is 21.2 Å². The van der Waals surface area contributed by atoms with Crippen LogP contribution in [0.2, 0.25) is 10.0 Å². The van der Waals surface area contributed by atoms with Crippen molar-refractivity contribution in [3.63, 3.8) is 0 Å². The molecule has 1 heterocycles. The number of rotatable bonds is 5. The van der Waals surface area contributed by atoms with Gasteiger partial charge >= 0.3 is 5.97 Å². The molecule has 2 aromatic carbocycles. The predicted octanol–water partition coefficient (Wildman–Crippen LogP) is 3.26. The molecule has 0 saturated carbocycles. The second kappa shape index (κ2) is 8.08. The van der Waals surface area contributed by atoms with Crippen LogP contribution in [-0.2, 0) is 27.2 Å². The van der Waals surface area contributed by atoms with Crippen molar-refractivity contribution in [1.29, 1.82) is 0 Å². The minimum absolute atomic E-state index is 0.0663. The normalized spacial score (nSPS) is 14.5. The number of nitrogens with zero attached hydrogens (tertiary/aromatic N) is 1. The van der Waals surface area contributed by atoms with Gasteiger partial charge in [0.25, 0.3) is 17.7 Å². The first-order chi connectivity index (χ1) is 14.3. The SMILES string of the molecule is O=C(COC(=O)CN1C(=O)c2cc(Cl)c(Cl)cc2C1=O)Nc1ccc2c(c1)CCC2. The maximum atomic E-state index is 12.4. The third-order valence-corrected chi connectivity index (χ3v) is 5.77. The van der Waals surface area contributed by atoms with E-state index in [1.54, 1.807) is 6.07 Å². The highest BCUT2D eigenvalue weighted by Crippen LogP contribution is 2.31. The number of esters is 1. The van der Waals surface area contributed by atoms with Gasteiger partial charge in [-0.2, -0.15) is 0 Å². The Morgan fingerprint density at radius 3 is 2.27 bits per heavy atom. The second-order valence-electron chi connectivity index (χ2n) is 7.05. The molecule has 0 unspecified atom stereocenters. The fourth-order valence-electron chi connectivity index (χ4n) is 3.59. The number of nitrogens with one attached hydrogen (secondary N) is 1.